The van der Waals surface area contributed by atoms with Crippen LogP contribution in [0.4, 0.5) is 0 Å². The van der Waals surface area contributed by atoms with Crippen LogP contribution in [0.5, 0.6) is 0 Å². The second kappa shape index (κ2) is 6.17. The molecule has 0 radical (unpaired) electrons. The van der Waals surface area contributed by atoms with Gasteiger partial charge in [0.2, 0.25) is 0 Å². The first-order chi connectivity index (χ1) is 10.2. The number of hydrogen-bond donors (Lipinski definition) is 2. The Bertz CT molecular complexity index is 502. The molecule has 2 atom stereocenters. The molecule has 116 valence electrons. The molecule has 2 fully saturated rings. The van der Waals surface area contributed by atoms with Crippen LogP contribution in [0, 0.1) is 0 Å². The Kier molecular flexibility index (Phi) is 4.28. The zero-order chi connectivity index (χ0) is 14.8. The van der Waals surface area contributed by atoms with Gasteiger partial charge in [0.15, 0.2) is 0 Å². The van der Waals surface area contributed by atoms with Gasteiger partial charge < -0.3 is 4.42 Å². The van der Waals surface area contributed by atoms with Crippen molar-refractivity contribution in [1.29, 1.82) is 0 Å². The maximum Gasteiger partial charge on any atom is 0.268 e. The highest BCUT2D eigenvalue weighted by atomic mass is 16.3. The smallest absolute Gasteiger partial charge is 0.268 e. The van der Waals surface area contributed by atoms with Gasteiger partial charge in [0.1, 0.15) is 12.0 Å². The van der Waals surface area contributed by atoms with Gasteiger partial charge in [-0.3, -0.25) is 20.0 Å². The van der Waals surface area contributed by atoms with E-state index >= 15 is 0 Å². The SMILES string of the molecule is CC1CN2CCCCC2CN1Cc1cc(C(=O)NN)co1. The number of nitrogen functional groups attached to an aromatic ring is 1. The fourth-order valence-corrected chi connectivity index (χ4v) is 3.50. The number of piperidine rings is 1. The van der Waals surface area contributed by atoms with E-state index in [9.17, 15) is 4.79 Å². The highest BCUT2D eigenvalue weighted by Gasteiger charge is 2.33. The van der Waals surface area contributed by atoms with E-state index in [0.717, 1.165) is 25.4 Å². The summed E-state index contributed by atoms with van der Waals surface area (Å²) in [7, 11) is 0. The van der Waals surface area contributed by atoms with Crippen molar-refractivity contribution in [2.45, 2.75) is 44.8 Å². The Morgan fingerprint density at radius 3 is 3.14 bits per heavy atom. The number of hydrogen-bond acceptors (Lipinski definition) is 5. The zero-order valence-corrected chi connectivity index (χ0v) is 12.5. The molecule has 1 aromatic rings. The first kappa shape index (κ1) is 14.6. The predicted molar refractivity (Wildman–Crippen MR) is 79.4 cm³/mol. The van der Waals surface area contributed by atoms with Crippen molar-refractivity contribution >= 4 is 5.91 Å². The molecule has 1 aromatic heterocycles. The van der Waals surface area contributed by atoms with Gasteiger partial charge in [0, 0.05) is 25.2 Å². The van der Waals surface area contributed by atoms with Crippen LogP contribution in [-0.4, -0.2) is 47.4 Å². The lowest BCUT2D eigenvalue weighted by Gasteiger charge is -2.47. The third-order valence-corrected chi connectivity index (χ3v) is 4.72. The Morgan fingerprint density at radius 2 is 2.33 bits per heavy atom. The predicted octanol–water partition coefficient (Wildman–Crippen LogP) is 0.942. The fourth-order valence-electron chi connectivity index (χ4n) is 3.50. The summed E-state index contributed by atoms with van der Waals surface area (Å²) in [6.07, 6.45) is 5.44. The van der Waals surface area contributed by atoms with E-state index in [-0.39, 0.29) is 5.91 Å². The number of nitrogens with one attached hydrogen (secondary N) is 1. The number of furan rings is 1. The number of piperazine rings is 1. The molecule has 3 rings (SSSR count). The van der Waals surface area contributed by atoms with Gasteiger partial charge in [0.25, 0.3) is 5.91 Å². The minimum Gasteiger partial charge on any atom is -0.467 e. The van der Waals surface area contributed by atoms with Gasteiger partial charge in [-0.15, -0.1) is 0 Å². The molecule has 2 saturated heterocycles. The standard InChI is InChI=1S/C15H24N4O2/c1-11-7-18-5-3-2-4-13(18)8-19(11)9-14-6-12(10-21-14)15(20)17-16/h6,10-11,13H,2-5,7-9,16H2,1H3,(H,17,20). The second-order valence-electron chi connectivity index (χ2n) is 6.20. The molecule has 21 heavy (non-hydrogen) atoms. The molecule has 0 aromatic carbocycles. The molecule has 6 nitrogen and oxygen atoms in total. The molecule has 0 saturated carbocycles. The van der Waals surface area contributed by atoms with E-state index < -0.39 is 0 Å². The number of carbonyl (C=O) groups is 1. The molecule has 3 heterocycles. The minimum absolute atomic E-state index is 0.310. The van der Waals surface area contributed by atoms with E-state index in [1.165, 1.54) is 32.1 Å². The highest BCUT2D eigenvalue weighted by molar-refractivity contribution is 5.93. The normalized spacial score (nSPS) is 27.3. The first-order valence-corrected chi connectivity index (χ1v) is 7.74. The summed E-state index contributed by atoms with van der Waals surface area (Å²) in [5.41, 5.74) is 2.61. The van der Waals surface area contributed by atoms with E-state index in [0.29, 0.717) is 17.6 Å². The van der Waals surface area contributed by atoms with Crippen molar-refractivity contribution in [2.75, 3.05) is 19.6 Å². The third kappa shape index (κ3) is 3.12. The lowest BCUT2D eigenvalue weighted by atomic mass is 9.97. The summed E-state index contributed by atoms with van der Waals surface area (Å²) in [5.74, 6) is 5.65. The van der Waals surface area contributed by atoms with Gasteiger partial charge in [-0.05, 0) is 32.4 Å². The van der Waals surface area contributed by atoms with Crippen molar-refractivity contribution in [2.24, 2.45) is 5.84 Å². The van der Waals surface area contributed by atoms with Crippen molar-refractivity contribution in [3.63, 3.8) is 0 Å². The quantitative estimate of drug-likeness (QED) is 0.493. The average Bonchev–Trinajstić information content (AvgIpc) is 2.96. The van der Waals surface area contributed by atoms with E-state index in [1.807, 2.05) is 0 Å². The van der Waals surface area contributed by atoms with Crippen LogP contribution in [0.2, 0.25) is 0 Å². The average molecular weight is 292 g/mol. The highest BCUT2D eigenvalue weighted by Crippen LogP contribution is 2.25. The van der Waals surface area contributed by atoms with Gasteiger partial charge in [-0.2, -0.15) is 0 Å². The van der Waals surface area contributed by atoms with Crippen LogP contribution in [0.25, 0.3) is 0 Å². The molecule has 2 unspecified atom stereocenters. The van der Waals surface area contributed by atoms with Crippen molar-refractivity contribution in [3.8, 4) is 0 Å². The fraction of sp³-hybridized carbons (Fsp3) is 0.667. The van der Waals surface area contributed by atoms with Gasteiger partial charge in [-0.1, -0.05) is 6.42 Å². The Labute approximate surface area is 125 Å². The van der Waals surface area contributed by atoms with Gasteiger partial charge in [-0.25, -0.2) is 5.84 Å². The summed E-state index contributed by atoms with van der Waals surface area (Å²) < 4.78 is 5.50. The van der Waals surface area contributed by atoms with Crippen LogP contribution in [0.1, 0.15) is 42.3 Å². The van der Waals surface area contributed by atoms with Crippen molar-refractivity contribution < 1.29 is 9.21 Å². The Balaban J connectivity index is 1.64. The van der Waals surface area contributed by atoms with Crippen LogP contribution in [0.15, 0.2) is 16.7 Å². The summed E-state index contributed by atoms with van der Waals surface area (Å²) in [4.78, 5) is 16.5. The minimum atomic E-state index is -0.310. The molecule has 1 amide bonds. The number of nitrogens with zero attached hydrogens (tertiary/aromatic N) is 2. The van der Waals surface area contributed by atoms with Gasteiger partial charge >= 0.3 is 0 Å². The molecule has 3 N–H and O–H groups in total. The molecule has 6 heteroatoms. The van der Waals surface area contributed by atoms with Crippen LogP contribution >= 0.6 is 0 Å². The number of nitrogens with two attached hydrogens (primary N) is 1. The molecular weight excluding hydrogens is 268 g/mol. The largest absolute Gasteiger partial charge is 0.467 e. The van der Waals surface area contributed by atoms with E-state index in [4.69, 9.17) is 10.3 Å². The lowest BCUT2D eigenvalue weighted by Crippen LogP contribution is -2.58. The number of amides is 1. The molecule has 0 spiro atoms. The summed E-state index contributed by atoms with van der Waals surface area (Å²) in [5, 5.41) is 0. The maximum absolute atomic E-state index is 11.5. The molecule has 2 aliphatic rings. The number of fused-ring (bicyclic) bond motifs is 1. The van der Waals surface area contributed by atoms with Crippen LogP contribution < -0.4 is 11.3 Å². The Hall–Kier alpha value is -1.37. The number of carbonyl (C=O) groups excluding carboxylic acids is 1. The van der Waals surface area contributed by atoms with Crippen molar-refractivity contribution in [1.82, 2.24) is 15.2 Å². The van der Waals surface area contributed by atoms with E-state index in [1.54, 1.807) is 6.07 Å². The maximum atomic E-state index is 11.5. The van der Waals surface area contributed by atoms with Crippen molar-refractivity contribution in [3.05, 3.63) is 23.7 Å². The Morgan fingerprint density at radius 1 is 1.48 bits per heavy atom. The van der Waals surface area contributed by atoms with Gasteiger partial charge in [0.05, 0.1) is 12.1 Å². The monoisotopic (exact) mass is 292 g/mol. The topological polar surface area (TPSA) is 74.7 Å². The molecule has 0 bridgehead atoms. The van der Waals surface area contributed by atoms with Crippen LogP contribution in [0.3, 0.4) is 0 Å². The number of rotatable bonds is 3. The molecule has 2 aliphatic heterocycles. The summed E-state index contributed by atoms with van der Waals surface area (Å²) >= 11 is 0. The van der Waals surface area contributed by atoms with Crippen LogP contribution in [-0.2, 0) is 6.54 Å². The first-order valence-electron chi connectivity index (χ1n) is 7.74. The zero-order valence-electron chi connectivity index (χ0n) is 12.5. The second-order valence-corrected chi connectivity index (χ2v) is 6.20. The summed E-state index contributed by atoms with van der Waals surface area (Å²) in [6, 6.07) is 2.97. The van der Waals surface area contributed by atoms with E-state index in [2.05, 4.69) is 22.1 Å². The lowest BCUT2D eigenvalue weighted by molar-refractivity contribution is 0.00806. The number of hydrazine groups is 1. The molecular formula is C15H24N4O2. The molecule has 0 aliphatic carbocycles. The summed E-state index contributed by atoms with van der Waals surface area (Å²) in [6.45, 7) is 6.47. The third-order valence-electron chi connectivity index (χ3n) is 4.72.